The van der Waals surface area contributed by atoms with Crippen LogP contribution in [0.2, 0.25) is 0 Å². The van der Waals surface area contributed by atoms with Crippen molar-refractivity contribution >= 4 is 11.9 Å². The van der Waals surface area contributed by atoms with Crippen molar-refractivity contribution in [2.45, 2.75) is 27.2 Å². The van der Waals surface area contributed by atoms with Crippen LogP contribution >= 0.6 is 0 Å². The summed E-state index contributed by atoms with van der Waals surface area (Å²) in [6, 6.07) is 10.8. The van der Waals surface area contributed by atoms with Gasteiger partial charge in [-0.05, 0) is 55.7 Å². The van der Waals surface area contributed by atoms with Gasteiger partial charge in [-0.2, -0.15) is 0 Å². The van der Waals surface area contributed by atoms with Crippen LogP contribution < -0.4 is 0 Å². The molecule has 0 fully saturated rings. The summed E-state index contributed by atoms with van der Waals surface area (Å²) in [5.74, 6) is 5.62. The first-order chi connectivity index (χ1) is 10.1. The molecule has 0 saturated carbocycles. The van der Waals surface area contributed by atoms with Crippen molar-refractivity contribution in [3.05, 3.63) is 64.5 Å². The van der Waals surface area contributed by atoms with Crippen LogP contribution in [0, 0.1) is 31.5 Å². The average Bonchev–Trinajstić information content (AvgIpc) is 2.48. The monoisotopic (exact) mass is 279 g/mol. The molecule has 2 aromatic rings. The molecular formula is C19H18FN. The van der Waals surface area contributed by atoms with Gasteiger partial charge in [0.15, 0.2) is 0 Å². The number of benzene rings is 2. The van der Waals surface area contributed by atoms with Gasteiger partial charge in [-0.25, -0.2) is 4.39 Å². The summed E-state index contributed by atoms with van der Waals surface area (Å²) in [5.41, 5.74) is 4.28. The number of nitrogens with zero attached hydrogens (tertiary/aromatic N) is 1. The van der Waals surface area contributed by atoms with Gasteiger partial charge in [0.2, 0.25) is 0 Å². The van der Waals surface area contributed by atoms with Crippen LogP contribution in [0.5, 0.6) is 0 Å². The molecule has 0 aliphatic heterocycles. The molecule has 106 valence electrons. The lowest BCUT2D eigenvalue weighted by Gasteiger charge is -2.00. The maximum Gasteiger partial charge on any atom is 0.138 e. The Morgan fingerprint density at radius 3 is 2.67 bits per heavy atom. The SMILES string of the molecule is CCC=Nc1cc(C#Cc2cc(C)ccc2F)ccc1C. The van der Waals surface area contributed by atoms with E-state index in [0.717, 1.165) is 28.8 Å². The molecule has 1 nitrogen and oxygen atoms in total. The molecule has 0 N–H and O–H groups in total. The molecule has 2 rings (SSSR count). The Kier molecular flexibility index (Phi) is 4.90. The second-order valence-electron chi connectivity index (χ2n) is 4.95. The number of halogens is 1. The molecule has 0 unspecified atom stereocenters. The van der Waals surface area contributed by atoms with Crippen molar-refractivity contribution in [3.63, 3.8) is 0 Å². The smallest absolute Gasteiger partial charge is 0.138 e. The predicted octanol–water partition coefficient (Wildman–Crippen LogP) is 4.95. The van der Waals surface area contributed by atoms with Gasteiger partial charge in [0, 0.05) is 11.8 Å². The zero-order valence-corrected chi connectivity index (χ0v) is 12.6. The number of hydrogen-bond acceptors (Lipinski definition) is 1. The summed E-state index contributed by atoms with van der Waals surface area (Å²) < 4.78 is 13.7. The van der Waals surface area contributed by atoms with Crippen molar-refractivity contribution in [1.82, 2.24) is 0 Å². The lowest BCUT2D eigenvalue weighted by atomic mass is 10.1. The third-order valence-electron chi connectivity index (χ3n) is 3.09. The first kappa shape index (κ1) is 15.0. The van der Waals surface area contributed by atoms with E-state index in [1.807, 2.05) is 45.2 Å². The molecule has 0 heterocycles. The van der Waals surface area contributed by atoms with Gasteiger partial charge in [0.25, 0.3) is 0 Å². The van der Waals surface area contributed by atoms with Crippen LogP contribution in [0.1, 0.15) is 35.6 Å². The maximum absolute atomic E-state index is 13.7. The summed E-state index contributed by atoms with van der Waals surface area (Å²) >= 11 is 0. The minimum Gasteiger partial charge on any atom is -0.261 e. The van der Waals surface area contributed by atoms with Crippen LogP contribution in [0.15, 0.2) is 41.4 Å². The van der Waals surface area contributed by atoms with E-state index >= 15 is 0 Å². The fraction of sp³-hybridized carbons (Fsp3) is 0.211. The lowest BCUT2D eigenvalue weighted by molar-refractivity contribution is 0.624. The van der Waals surface area contributed by atoms with E-state index in [9.17, 15) is 4.39 Å². The summed E-state index contributed by atoms with van der Waals surface area (Å²) in [7, 11) is 0. The number of rotatable bonds is 2. The van der Waals surface area contributed by atoms with Gasteiger partial charge < -0.3 is 0 Å². The van der Waals surface area contributed by atoms with E-state index in [1.165, 1.54) is 6.07 Å². The third kappa shape index (κ3) is 4.03. The highest BCUT2D eigenvalue weighted by Crippen LogP contribution is 2.19. The first-order valence-corrected chi connectivity index (χ1v) is 7.01. The molecule has 0 aromatic heterocycles. The van der Waals surface area contributed by atoms with E-state index in [2.05, 4.69) is 16.8 Å². The topological polar surface area (TPSA) is 12.4 Å². The molecule has 0 spiro atoms. The maximum atomic E-state index is 13.7. The van der Waals surface area contributed by atoms with Crippen molar-refractivity contribution in [2.75, 3.05) is 0 Å². The van der Waals surface area contributed by atoms with Gasteiger partial charge in [-0.1, -0.05) is 30.9 Å². The van der Waals surface area contributed by atoms with Gasteiger partial charge in [-0.3, -0.25) is 4.99 Å². The molecular weight excluding hydrogens is 261 g/mol. The highest BCUT2D eigenvalue weighted by molar-refractivity contribution is 5.65. The highest BCUT2D eigenvalue weighted by Gasteiger charge is 1.99. The van der Waals surface area contributed by atoms with Crippen LogP contribution in [0.3, 0.4) is 0 Å². The van der Waals surface area contributed by atoms with Gasteiger partial charge >= 0.3 is 0 Å². The van der Waals surface area contributed by atoms with Crippen molar-refractivity contribution in [3.8, 4) is 11.8 Å². The number of hydrogen-bond donors (Lipinski definition) is 0. The normalized spacial score (nSPS) is 10.5. The lowest BCUT2D eigenvalue weighted by Crippen LogP contribution is -1.85. The minimum absolute atomic E-state index is 0.288. The van der Waals surface area contributed by atoms with E-state index in [1.54, 1.807) is 12.1 Å². The molecule has 2 heteroatoms. The largest absolute Gasteiger partial charge is 0.261 e. The van der Waals surface area contributed by atoms with Crippen molar-refractivity contribution in [2.24, 2.45) is 4.99 Å². The molecule has 0 aliphatic carbocycles. The Morgan fingerprint density at radius 1 is 1.10 bits per heavy atom. The highest BCUT2D eigenvalue weighted by atomic mass is 19.1. The Hall–Kier alpha value is -2.40. The van der Waals surface area contributed by atoms with Gasteiger partial charge in [-0.15, -0.1) is 0 Å². The van der Waals surface area contributed by atoms with E-state index < -0.39 is 0 Å². The fourth-order valence-electron chi connectivity index (χ4n) is 1.89. The quantitative estimate of drug-likeness (QED) is 0.544. The molecule has 0 aliphatic rings. The molecule has 0 atom stereocenters. The van der Waals surface area contributed by atoms with E-state index in [-0.39, 0.29) is 5.82 Å². The number of aliphatic imine (C=N–C) groups is 1. The zero-order chi connectivity index (χ0) is 15.2. The van der Waals surface area contributed by atoms with Crippen LogP contribution in [0.4, 0.5) is 10.1 Å². The number of aryl methyl sites for hydroxylation is 2. The standard InChI is InChI=1S/C19H18FN/c1-4-11-21-19-13-16(7-6-15(19)3)8-9-17-12-14(2)5-10-18(17)20/h5-7,10-13H,4H2,1-3H3. The molecule has 0 bridgehead atoms. The molecule has 0 saturated heterocycles. The first-order valence-electron chi connectivity index (χ1n) is 7.01. The van der Waals surface area contributed by atoms with E-state index in [0.29, 0.717) is 5.56 Å². The molecule has 0 amide bonds. The third-order valence-corrected chi connectivity index (χ3v) is 3.09. The Morgan fingerprint density at radius 2 is 1.90 bits per heavy atom. The Balaban J connectivity index is 2.34. The van der Waals surface area contributed by atoms with Crippen molar-refractivity contribution in [1.29, 1.82) is 0 Å². The van der Waals surface area contributed by atoms with Crippen molar-refractivity contribution < 1.29 is 4.39 Å². The van der Waals surface area contributed by atoms with Crippen LogP contribution in [-0.2, 0) is 0 Å². The fourth-order valence-corrected chi connectivity index (χ4v) is 1.89. The second kappa shape index (κ2) is 6.85. The molecule has 2 aromatic carbocycles. The summed E-state index contributed by atoms with van der Waals surface area (Å²) in [6.45, 7) is 5.98. The second-order valence-corrected chi connectivity index (χ2v) is 4.95. The summed E-state index contributed by atoms with van der Waals surface area (Å²) in [4.78, 5) is 4.40. The minimum atomic E-state index is -0.288. The predicted molar refractivity (Wildman–Crippen MR) is 86.7 cm³/mol. The average molecular weight is 279 g/mol. The van der Waals surface area contributed by atoms with Crippen LogP contribution in [-0.4, -0.2) is 6.21 Å². The van der Waals surface area contributed by atoms with Gasteiger partial charge in [0.05, 0.1) is 11.3 Å². The van der Waals surface area contributed by atoms with Crippen LogP contribution in [0.25, 0.3) is 0 Å². The summed E-state index contributed by atoms with van der Waals surface area (Å²) in [5, 5.41) is 0. The zero-order valence-electron chi connectivity index (χ0n) is 12.6. The molecule has 21 heavy (non-hydrogen) atoms. The summed E-state index contributed by atoms with van der Waals surface area (Å²) in [6.07, 6.45) is 2.77. The Labute approximate surface area is 125 Å². The molecule has 0 radical (unpaired) electrons. The van der Waals surface area contributed by atoms with Gasteiger partial charge in [0.1, 0.15) is 5.82 Å². The van der Waals surface area contributed by atoms with E-state index in [4.69, 9.17) is 0 Å². The Bertz CT molecular complexity index is 733.